The van der Waals surface area contributed by atoms with Gasteiger partial charge in [-0.25, -0.2) is 0 Å². The molecule has 0 spiro atoms. The molecule has 3 heterocycles. The fourth-order valence-corrected chi connectivity index (χ4v) is 3.31. The van der Waals surface area contributed by atoms with Crippen LogP contribution in [0.2, 0.25) is 0 Å². The minimum atomic E-state index is -0.0837. The molecule has 0 atom stereocenters. The van der Waals surface area contributed by atoms with Gasteiger partial charge in [0.1, 0.15) is 23.4 Å². The van der Waals surface area contributed by atoms with Crippen LogP contribution in [0.3, 0.4) is 0 Å². The lowest BCUT2D eigenvalue weighted by Gasteiger charge is -2.31. The summed E-state index contributed by atoms with van der Waals surface area (Å²) in [7, 11) is 1.63. The lowest BCUT2D eigenvalue weighted by Crippen LogP contribution is -2.41. The zero-order valence-corrected chi connectivity index (χ0v) is 15.7. The normalized spacial score (nSPS) is 14.7. The van der Waals surface area contributed by atoms with Crippen molar-refractivity contribution in [2.24, 2.45) is 0 Å². The van der Waals surface area contributed by atoms with E-state index in [-0.39, 0.29) is 12.0 Å². The molecule has 0 unspecified atom stereocenters. The Hall–Kier alpha value is -3.28. The van der Waals surface area contributed by atoms with E-state index in [4.69, 9.17) is 13.9 Å². The lowest BCUT2D eigenvalue weighted by molar-refractivity contribution is 0.0567. The predicted octanol–water partition coefficient (Wildman–Crippen LogP) is 4.03. The first kappa shape index (κ1) is 18.1. The number of hydrogen-bond donors (Lipinski definition) is 0. The summed E-state index contributed by atoms with van der Waals surface area (Å²) < 4.78 is 16.9. The third-order valence-electron chi connectivity index (χ3n) is 4.86. The number of carbonyl (C=O) groups excluding carboxylic acids is 1. The number of carbonyl (C=O) groups is 1. The van der Waals surface area contributed by atoms with Crippen LogP contribution in [0.15, 0.2) is 65.3 Å². The van der Waals surface area contributed by atoms with Gasteiger partial charge >= 0.3 is 0 Å². The summed E-state index contributed by atoms with van der Waals surface area (Å²) in [6.07, 6.45) is 5.10. The van der Waals surface area contributed by atoms with Gasteiger partial charge in [-0.05, 0) is 48.5 Å². The predicted molar refractivity (Wildman–Crippen MR) is 104 cm³/mol. The number of pyridine rings is 1. The molecule has 1 aromatic carbocycles. The van der Waals surface area contributed by atoms with E-state index in [1.807, 2.05) is 47.4 Å². The molecule has 2 aromatic heterocycles. The van der Waals surface area contributed by atoms with E-state index >= 15 is 0 Å². The molecular weight excluding hydrogens is 356 g/mol. The highest BCUT2D eigenvalue weighted by molar-refractivity contribution is 5.92. The van der Waals surface area contributed by atoms with Gasteiger partial charge in [0.25, 0.3) is 5.91 Å². The Balaban J connectivity index is 1.36. The number of hydrogen-bond acceptors (Lipinski definition) is 5. The standard InChI is InChI=1S/C22H22N2O4/c1-26-17-6-4-16(5-7-17)20-8-9-21(28-20)22(25)24-13-10-18(11-14-24)27-19-3-2-12-23-15-19/h2-9,12,15,18H,10-11,13-14H2,1H3. The second-order valence-corrected chi connectivity index (χ2v) is 6.69. The molecule has 6 heteroatoms. The summed E-state index contributed by atoms with van der Waals surface area (Å²) in [6, 6.07) is 14.9. The van der Waals surface area contributed by atoms with Crippen LogP contribution in [-0.2, 0) is 0 Å². The first-order valence-corrected chi connectivity index (χ1v) is 9.33. The van der Waals surface area contributed by atoms with Crippen LogP contribution >= 0.6 is 0 Å². The molecule has 144 valence electrons. The second-order valence-electron chi connectivity index (χ2n) is 6.69. The number of piperidine rings is 1. The molecule has 0 radical (unpaired) electrons. The van der Waals surface area contributed by atoms with Crippen LogP contribution in [-0.4, -0.2) is 42.1 Å². The minimum Gasteiger partial charge on any atom is -0.497 e. The summed E-state index contributed by atoms with van der Waals surface area (Å²) in [4.78, 5) is 18.7. The van der Waals surface area contributed by atoms with Gasteiger partial charge in [0.05, 0.1) is 13.3 Å². The number of amides is 1. The average molecular weight is 378 g/mol. The first-order chi connectivity index (χ1) is 13.7. The second kappa shape index (κ2) is 8.17. The molecule has 1 saturated heterocycles. The van der Waals surface area contributed by atoms with Crippen molar-refractivity contribution < 1.29 is 18.7 Å². The van der Waals surface area contributed by atoms with Crippen LogP contribution in [0.1, 0.15) is 23.4 Å². The molecule has 1 fully saturated rings. The third kappa shape index (κ3) is 4.01. The molecule has 1 aliphatic rings. The van der Waals surface area contributed by atoms with Crippen molar-refractivity contribution in [2.75, 3.05) is 20.2 Å². The van der Waals surface area contributed by atoms with Crippen molar-refractivity contribution >= 4 is 5.91 Å². The number of benzene rings is 1. The monoisotopic (exact) mass is 378 g/mol. The van der Waals surface area contributed by atoms with Gasteiger partial charge in [-0.15, -0.1) is 0 Å². The average Bonchev–Trinajstić information content (AvgIpc) is 3.25. The number of methoxy groups -OCH3 is 1. The van der Waals surface area contributed by atoms with Crippen LogP contribution in [0.25, 0.3) is 11.3 Å². The summed E-state index contributed by atoms with van der Waals surface area (Å²) in [6.45, 7) is 1.28. The Morgan fingerprint density at radius 2 is 1.86 bits per heavy atom. The van der Waals surface area contributed by atoms with Crippen molar-refractivity contribution in [1.82, 2.24) is 9.88 Å². The molecule has 1 amide bonds. The topological polar surface area (TPSA) is 64.8 Å². The fraction of sp³-hybridized carbons (Fsp3) is 0.273. The van der Waals surface area contributed by atoms with E-state index in [1.165, 1.54) is 0 Å². The van der Waals surface area contributed by atoms with E-state index in [2.05, 4.69) is 4.98 Å². The van der Waals surface area contributed by atoms with E-state index in [0.29, 0.717) is 24.6 Å². The van der Waals surface area contributed by atoms with Crippen molar-refractivity contribution in [1.29, 1.82) is 0 Å². The SMILES string of the molecule is COc1ccc(-c2ccc(C(=O)N3CCC(Oc4cccnc4)CC3)o2)cc1. The molecule has 6 nitrogen and oxygen atoms in total. The Labute approximate surface area is 163 Å². The molecule has 0 N–H and O–H groups in total. The fourth-order valence-electron chi connectivity index (χ4n) is 3.31. The van der Waals surface area contributed by atoms with Crippen LogP contribution in [0.5, 0.6) is 11.5 Å². The van der Waals surface area contributed by atoms with Crippen LogP contribution in [0.4, 0.5) is 0 Å². The van der Waals surface area contributed by atoms with Gasteiger partial charge in [0.2, 0.25) is 0 Å². The molecule has 28 heavy (non-hydrogen) atoms. The minimum absolute atomic E-state index is 0.0837. The van der Waals surface area contributed by atoms with Gasteiger partial charge in [0.15, 0.2) is 5.76 Å². The zero-order valence-electron chi connectivity index (χ0n) is 15.7. The molecule has 4 rings (SSSR count). The van der Waals surface area contributed by atoms with E-state index in [9.17, 15) is 4.79 Å². The van der Waals surface area contributed by atoms with Crippen molar-refractivity contribution in [2.45, 2.75) is 18.9 Å². The maximum Gasteiger partial charge on any atom is 0.289 e. The highest BCUT2D eigenvalue weighted by Crippen LogP contribution is 2.26. The maximum atomic E-state index is 12.8. The molecular formula is C22H22N2O4. The number of ether oxygens (including phenoxy) is 2. The quantitative estimate of drug-likeness (QED) is 0.671. The molecule has 0 aliphatic carbocycles. The summed E-state index contributed by atoms with van der Waals surface area (Å²) in [5.41, 5.74) is 0.906. The zero-order chi connectivity index (χ0) is 19.3. The first-order valence-electron chi connectivity index (χ1n) is 9.33. The smallest absolute Gasteiger partial charge is 0.289 e. The highest BCUT2D eigenvalue weighted by atomic mass is 16.5. The maximum absolute atomic E-state index is 12.8. The number of furan rings is 1. The summed E-state index contributed by atoms with van der Waals surface area (Å²) in [5, 5.41) is 0. The van der Waals surface area contributed by atoms with Gasteiger partial charge in [-0.3, -0.25) is 9.78 Å². The van der Waals surface area contributed by atoms with Gasteiger partial charge < -0.3 is 18.8 Å². The highest BCUT2D eigenvalue weighted by Gasteiger charge is 2.26. The lowest BCUT2D eigenvalue weighted by atomic mass is 10.1. The van der Waals surface area contributed by atoms with Crippen molar-refractivity contribution in [3.8, 4) is 22.8 Å². The Morgan fingerprint density at radius 1 is 1.07 bits per heavy atom. The summed E-state index contributed by atoms with van der Waals surface area (Å²) >= 11 is 0. The molecule has 3 aromatic rings. The van der Waals surface area contributed by atoms with E-state index in [0.717, 1.165) is 29.9 Å². The largest absolute Gasteiger partial charge is 0.497 e. The molecule has 0 saturated carbocycles. The third-order valence-corrected chi connectivity index (χ3v) is 4.86. The van der Waals surface area contributed by atoms with Crippen molar-refractivity contribution in [3.63, 3.8) is 0 Å². The van der Waals surface area contributed by atoms with Crippen LogP contribution in [0, 0.1) is 0 Å². The molecule has 1 aliphatic heterocycles. The molecule has 0 bridgehead atoms. The van der Waals surface area contributed by atoms with Gasteiger partial charge in [-0.2, -0.15) is 0 Å². The van der Waals surface area contributed by atoms with Crippen LogP contribution < -0.4 is 9.47 Å². The Kier molecular flexibility index (Phi) is 5.28. The summed E-state index contributed by atoms with van der Waals surface area (Å²) in [5.74, 6) is 2.49. The Morgan fingerprint density at radius 3 is 2.54 bits per heavy atom. The number of likely N-dealkylation sites (tertiary alicyclic amines) is 1. The van der Waals surface area contributed by atoms with E-state index < -0.39 is 0 Å². The number of nitrogens with zero attached hydrogens (tertiary/aromatic N) is 2. The van der Waals surface area contributed by atoms with Gasteiger partial charge in [0, 0.05) is 37.7 Å². The Bertz CT molecular complexity index is 913. The van der Waals surface area contributed by atoms with Crippen molar-refractivity contribution in [3.05, 3.63) is 66.7 Å². The van der Waals surface area contributed by atoms with Gasteiger partial charge in [-0.1, -0.05) is 0 Å². The number of rotatable bonds is 5. The number of aromatic nitrogens is 1. The van der Waals surface area contributed by atoms with E-state index in [1.54, 1.807) is 25.6 Å².